The van der Waals surface area contributed by atoms with Crippen LogP contribution in [0, 0.1) is 5.92 Å². The van der Waals surface area contributed by atoms with Crippen LogP contribution < -0.4 is 25.0 Å². The minimum Gasteiger partial charge on any atom is -0.486 e. The fourth-order valence-corrected chi connectivity index (χ4v) is 4.28. The van der Waals surface area contributed by atoms with Crippen LogP contribution in [0.15, 0.2) is 23.1 Å². The van der Waals surface area contributed by atoms with Crippen LogP contribution in [0.1, 0.15) is 38.5 Å². The number of benzene rings is 1. The standard InChI is InChI=1S/C18H25N3O6S/c22-17(20-21-18(23)13-4-2-1-3-5-13)8-9-19-28(24,25)14-6-7-15-16(12-14)27-11-10-26-15/h6-7,12-13,19H,1-5,8-11H2,(H,20,22)(H,21,23). The molecule has 3 rings (SSSR count). The van der Waals surface area contributed by atoms with Crippen molar-refractivity contribution < 1.29 is 27.5 Å². The number of ether oxygens (including phenoxy) is 2. The summed E-state index contributed by atoms with van der Waals surface area (Å²) in [6.45, 7) is 0.683. The van der Waals surface area contributed by atoms with Crippen molar-refractivity contribution in [3.8, 4) is 11.5 Å². The molecule has 28 heavy (non-hydrogen) atoms. The molecule has 154 valence electrons. The predicted molar refractivity (Wildman–Crippen MR) is 100 cm³/mol. The van der Waals surface area contributed by atoms with Crippen molar-refractivity contribution in [2.75, 3.05) is 19.8 Å². The first kappa shape index (κ1) is 20.4. The van der Waals surface area contributed by atoms with E-state index >= 15 is 0 Å². The lowest BCUT2D eigenvalue weighted by molar-refractivity contribution is -0.131. The molecular weight excluding hydrogens is 386 g/mol. The molecule has 0 atom stereocenters. The van der Waals surface area contributed by atoms with Gasteiger partial charge in [-0.15, -0.1) is 0 Å². The molecule has 0 aromatic heterocycles. The van der Waals surface area contributed by atoms with Crippen LogP contribution in [-0.2, 0) is 19.6 Å². The fraction of sp³-hybridized carbons (Fsp3) is 0.556. The summed E-state index contributed by atoms with van der Waals surface area (Å²) >= 11 is 0. The third-order valence-electron chi connectivity index (χ3n) is 4.77. The maximum absolute atomic E-state index is 12.4. The number of nitrogens with one attached hydrogen (secondary N) is 3. The number of hydrogen-bond donors (Lipinski definition) is 3. The zero-order valence-corrected chi connectivity index (χ0v) is 16.3. The van der Waals surface area contributed by atoms with E-state index in [1.54, 1.807) is 0 Å². The molecule has 0 spiro atoms. The van der Waals surface area contributed by atoms with Crippen molar-refractivity contribution in [1.82, 2.24) is 15.6 Å². The number of fused-ring (bicyclic) bond motifs is 1. The molecule has 0 unspecified atom stereocenters. The highest BCUT2D eigenvalue weighted by molar-refractivity contribution is 7.89. The highest BCUT2D eigenvalue weighted by atomic mass is 32.2. The number of carbonyl (C=O) groups excluding carboxylic acids is 2. The van der Waals surface area contributed by atoms with E-state index in [0.717, 1.165) is 32.1 Å². The van der Waals surface area contributed by atoms with Gasteiger partial charge in [0.1, 0.15) is 13.2 Å². The molecule has 1 aromatic carbocycles. The van der Waals surface area contributed by atoms with Crippen LogP contribution in [0.5, 0.6) is 11.5 Å². The molecule has 9 nitrogen and oxygen atoms in total. The van der Waals surface area contributed by atoms with Gasteiger partial charge in [0.2, 0.25) is 21.8 Å². The lowest BCUT2D eigenvalue weighted by atomic mass is 9.89. The van der Waals surface area contributed by atoms with Gasteiger partial charge in [0.05, 0.1) is 4.90 Å². The molecule has 0 radical (unpaired) electrons. The molecule has 1 heterocycles. The summed E-state index contributed by atoms with van der Waals surface area (Å²) in [7, 11) is -3.79. The van der Waals surface area contributed by atoms with Crippen molar-refractivity contribution >= 4 is 21.8 Å². The van der Waals surface area contributed by atoms with Gasteiger partial charge in [0.25, 0.3) is 0 Å². The molecule has 1 aliphatic carbocycles. The number of hydrazine groups is 1. The number of sulfonamides is 1. The van der Waals surface area contributed by atoms with E-state index in [-0.39, 0.29) is 29.7 Å². The first-order valence-electron chi connectivity index (χ1n) is 9.44. The minimum atomic E-state index is -3.79. The average molecular weight is 411 g/mol. The Morgan fingerprint density at radius 1 is 1.00 bits per heavy atom. The summed E-state index contributed by atoms with van der Waals surface area (Å²) in [5.41, 5.74) is 4.76. The Balaban J connectivity index is 1.43. The molecule has 0 saturated heterocycles. The maximum Gasteiger partial charge on any atom is 0.241 e. The van der Waals surface area contributed by atoms with Crippen molar-refractivity contribution in [2.45, 2.75) is 43.4 Å². The summed E-state index contributed by atoms with van der Waals surface area (Å²) in [4.78, 5) is 23.9. The van der Waals surface area contributed by atoms with Crippen LogP contribution in [0.2, 0.25) is 0 Å². The van der Waals surface area contributed by atoms with Gasteiger partial charge in [-0.1, -0.05) is 19.3 Å². The first-order valence-corrected chi connectivity index (χ1v) is 10.9. The molecule has 2 amide bonds. The van der Waals surface area contributed by atoms with Gasteiger partial charge in [-0.3, -0.25) is 20.4 Å². The summed E-state index contributed by atoms with van der Waals surface area (Å²) in [5.74, 6) is 0.150. The van der Waals surface area contributed by atoms with Gasteiger partial charge < -0.3 is 9.47 Å². The highest BCUT2D eigenvalue weighted by Crippen LogP contribution is 2.32. The van der Waals surface area contributed by atoms with Gasteiger partial charge in [0.15, 0.2) is 11.5 Å². The number of carbonyl (C=O) groups is 2. The predicted octanol–water partition coefficient (Wildman–Crippen LogP) is 0.854. The Morgan fingerprint density at radius 3 is 2.46 bits per heavy atom. The number of amides is 2. The quantitative estimate of drug-likeness (QED) is 0.597. The highest BCUT2D eigenvalue weighted by Gasteiger charge is 2.22. The van der Waals surface area contributed by atoms with Crippen molar-refractivity contribution in [2.24, 2.45) is 5.92 Å². The Bertz CT molecular complexity index is 821. The van der Waals surface area contributed by atoms with Crippen molar-refractivity contribution in [3.63, 3.8) is 0 Å². The number of hydrogen-bond acceptors (Lipinski definition) is 6. The van der Waals surface area contributed by atoms with E-state index in [9.17, 15) is 18.0 Å². The van der Waals surface area contributed by atoms with Gasteiger partial charge in [-0.05, 0) is 25.0 Å². The van der Waals surface area contributed by atoms with Gasteiger partial charge in [-0.25, -0.2) is 13.1 Å². The van der Waals surface area contributed by atoms with E-state index in [2.05, 4.69) is 15.6 Å². The second-order valence-electron chi connectivity index (χ2n) is 6.83. The third kappa shape index (κ3) is 5.35. The summed E-state index contributed by atoms with van der Waals surface area (Å²) in [6.07, 6.45) is 4.74. The molecule has 1 saturated carbocycles. The van der Waals surface area contributed by atoms with Gasteiger partial charge in [-0.2, -0.15) is 0 Å². The Morgan fingerprint density at radius 2 is 1.71 bits per heavy atom. The molecule has 10 heteroatoms. The molecular formula is C18H25N3O6S. The molecule has 1 fully saturated rings. The summed E-state index contributed by atoms with van der Waals surface area (Å²) < 4.78 is 37.8. The largest absolute Gasteiger partial charge is 0.486 e. The zero-order valence-electron chi connectivity index (χ0n) is 15.5. The van der Waals surface area contributed by atoms with Gasteiger partial charge >= 0.3 is 0 Å². The van der Waals surface area contributed by atoms with Crippen LogP contribution in [-0.4, -0.2) is 40.0 Å². The van der Waals surface area contributed by atoms with Crippen LogP contribution in [0.25, 0.3) is 0 Å². The van der Waals surface area contributed by atoms with Crippen LogP contribution in [0.4, 0.5) is 0 Å². The average Bonchev–Trinajstić information content (AvgIpc) is 2.72. The van der Waals surface area contributed by atoms with E-state index in [4.69, 9.17) is 9.47 Å². The second kappa shape index (κ2) is 9.24. The maximum atomic E-state index is 12.4. The van der Waals surface area contributed by atoms with Gasteiger partial charge in [0, 0.05) is 24.9 Å². The van der Waals surface area contributed by atoms with E-state index in [1.165, 1.54) is 18.2 Å². The second-order valence-corrected chi connectivity index (χ2v) is 8.59. The molecule has 2 aliphatic rings. The van der Waals surface area contributed by atoms with E-state index < -0.39 is 15.9 Å². The Kier molecular flexibility index (Phi) is 6.74. The van der Waals surface area contributed by atoms with E-state index in [0.29, 0.717) is 24.7 Å². The third-order valence-corrected chi connectivity index (χ3v) is 6.23. The smallest absolute Gasteiger partial charge is 0.241 e. The summed E-state index contributed by atoms with van der Waals surface area (Å²) in [5, 5.41) is 0. The van der Waals surface area contributed by atoms with Crippen molar-refractivity contribution in [1.29, 1.82) is 0 Å². The molecule has 1 aliphatic heterocycles. The molecule has 3 N–H and O–H groups in total. The zero-order chi connectivity index (χ0) is 20.0. The summed E-state index contributed by atoms with van der Waals surface area (Å²) in [6, 6.07) is 4.35. The normalized spacial score (nSPS) is 17.0. The van der Waals surface area contributed by atoms with Crippen molar-refractivity contribution in [3.05, 3.63) is 18.2 Å². The topological polar surface area (TPSA) is 123 Å². The first-order chi connectivity index (χ1) is 13.5. The molecule has 1 aromatic rings. The number of rotatable bonds is 6. The Hall–Kier alpha value is -2.33. The van der Waals surface area contributed by atoms with Crippen LogP contribution in [0.3, 0.4) is 0 Å². The fourth-order valence-electron chi connectivity index (χ4n) is 3.23. The minimum absolute atomic E-state index is 0.0303. The van der Waals surface area contributed by atoms with E-state index in [1.807, 2.05) is 0 Å². The lowest BCUT2D eigenvalue weighted by Gasteiger charge is -2.20. The SMILES string of the molecule is O=C(CCNS(=O)(=O)c1ccc2c(c1)OCCO2)NNC(=O)C1CCCCC1. The Labute approximate surface area is 164 Å². The van der Waals surface area contributed by atoms with Crippen LogP contribution >= 0.6 is 0 Å². The molecule has 0 bridgehead atoms. The monoisotopic (exact) mass is 411 g/mol. The lowest BCUT2D eigenvalue weighted by Crippen LogP contribution is -2.45.